The van der Waals surface area contributed by atoms with Gasteiger partial charge in [0.25, 0.3) is 0 Å². The van der Waals surface area contributed by atoms with Crippen LogP contribution >= 0.6 is 12.2 Å². The van der Waals surface area contributed by atoms with E-state index in [-0.39, 0.29) is 22.5 Å². The zero-order chi connectivity index (χ0) is 14.8. The topological polar surface area (TPSA) is 63.4 Å². The molecule has 2 N–H and O–H groups in total. The minimum Gasteiger partial charge on any atom is -0.392 e. The van der Waals surface area contributed by atoms with E-state index in [0.29, 0.717) is 5.56 Å². The number of rotatable bonds is 5. The highest BCUT2D eigenvalue weighted by Gasteiger charge is 2.29. The maximum atomic E-state index is 13.3. The number of aryl methyl sites for hydroxylation is 1. The maximum absolute atomic E-state index is 13.3. The van der Waals surface area contributed by atoms with E-state index in [2.05, 4.69) is 0 Å². The van der Waals surface area contributed by atoms with Crippen LogP contribution < -0.4 is 5.73 Å². The fraction of sp³-hybridized carbons (Fsp3) is 0.417. The van der Waals surface area contributed by atoms with Crippen molar-refractivity contribution < 1.29 is 12.8 Å². The minimum atomic E-state index is -3.82. The van der Waals surface area contributed by atoms with Crippen molar-refractivity contribution in [3.8, 4) is 0 Å². The van der Waals surface area contributed by atoms with Crippen LogP contribution in [-0.4, -0.2) is 30.3 Å². The third-order valence-corrected chi connectivity index (χ3v) is 4.92. The molecule has 0 spiro atoms. The molecule has 0 saturated heterocycles. The fourth-order valence-electron chi connectivity index (χ4n) is 1.68. The average Bonchev–Trinajstić information content (AvgIpc) is 2.28. The smallest absolute Gasteiger partial charge is 0.244 e. The number of nitrogens with two attached hydrogens (primary N) is 1. The molecular formula is C12H17FN2O2S2. The lowest BCUT2D eigenvalue weighted by molar-refractivity contribution is 0.390. The predicted octanol–water partition coefficient (Wildman–Crippen LogP) is 1.82. The highest BCUT2D eigenvalue weighted by molar-refractivity contribution is 7.89. The van der Waals surface area contributed by atoms with Crippen LogP contribution in [0.3, 0.4) is 0 Å². The molecule has 1 rings (SSSR count). The van der Waals surface area contributed by atoms with Crippen LogP contribution in [0.15, 0.2) is 23.1 Å². The first-order chi connectivity index (χ1) is 8.66. The molecule has 1 aromatic rings. The molecule has 0 aliphatic heterocycles. The molecule has 0 saturated carbocycles. The number of thiocarbonyl (C=S) groups is 1. The largest absolute Gasteiger partial charge is 0.392 e. The van der Waals surface area contributed by atoms with Crippen LogP contribution in [0.25, 0.3) is 0 Å². The fourth-order valence-corrected chi connectivity index (χ4v) is 3.75. The van der Waals surface area contributed by atoms with Gasteiger partial charge in [0.2, 0.25) is 10.0 Å². The highest BCUT2D eigenvalue weighted by Crippen LogP contribution is 2.22. The molecule has 4 nitrogen and oxygen atoms in total. The second-order valence-corrected chi connectivity index (χ2v) is 6.90. The summed E-state index contributed by atoms with van der Waals surface area (Å²) in [5, 5.41) is 0. The van der Waals surface area contributed by atoms with Gasteiger partial charge in [0.15, 0.2) is 0 Å². The van der Waals surface area contributed by atoms with Gasteiger partial charge in [0.05, 0.1) is 16.4 Å². The van der Waals surface area contributed by atoms with E-state index in [1.807, 2.05) is 0 Å². The second kappa shape index (κ2) is 5.94. The van der Waals surface area contributed by atoms with Crippen molar-refractivity contribution >= 4 is 27.2 Å². The third-order valence-electron chi connectivity index (χ3n) is 2.62. The Morgan fingerprint density at radius 1 is 1.47 bits per heavy atom. The summed E-state index contributed by atoms with van der Waals surface area (Å²) in [4.78, 5) is 0.0174. The Balaban J connectivity index is 3.34. The van der Waals surface area contributed by atoms with Gasteiger partial charge >= 0.3 is 0 Å². The zero-order valence-electron chi connectivity index (χ0n) is 11.1. The van der Waals surface area contributed by atoms with Gasteiger partial charge in [-0.2, -0.15) is 4.31 Å². The molecule has 7 heteroatoms. The van der Waals surface area contributed by atoms with Gasteiger partial charge in [-0.25, -0.2) is 12.8 Å². The minimum absolute atomic E-state index is 0.0579. The number of nitrogens with zero attached hydrogens (tertiary/aromatic N) is 1. The zero-order valence-corrected chi connectivity index (χ0v) is 12.7. The summed E-state index contributed by atoms with van der Waals surface area (Å²) in [7, 11) is -3.82. The van der Waals surface area contributed by atoms with Gasteiger partial charge < -0.3 is 5.73 Å². The Bertz CT molecular complexity index is 585. The quantitative estimate of drug-likeness (QED) is 0.843. The van der Waals surface area contributed by atoms with Crippen LogP contribution in [0.1, 0.15) is 19.4 Å². The Kier molecular flexibility index (Phi) is 5.00. The maximum Gasteiger partial charge on any atom is 0.244 e. The van der Waals surface area contributed by atoms with E-state index in [1.165, 1.54) is 12.1 Å². The van der Waals surface area contributed by atoms with Crippen molar-refractivity contribution in [2.45, 2.75) is 31.7 Å². The lowest BCUT2D eigenvalue weighted by atomic mass is 10.2. The van der Waals surface area contributed by atoms with Crippen molar-refractivity contribution in [3.63, 3.8) is 0 Å². The molecule has 0 amide bonds. The monoisotopic (exact) mass is 304 g/mol. The number of halogens is 1. The molecule has 0 unspecified atom stereocenters. The number of benzene rings is 1. The van der Waals surface area contributed by atoms with Gasteiger partial charge in [-0.15, -0.1) is 0 Å². The van der Waals surface area contributed by atoms with Crippen LogP contribution in [0.5, 0.6) is 0 Å². The van der Waals surface area contributed by atoms with Crippen molar-refractivity contribution in [1.29, 1.82) is 0 Å². The molecule has 0 atom stereocenters. The highest BCUT2D eigenvalue weighted by atomic mass is 32.2. The first-order valence-corrected chi connectivity index (χ1v) is 7.57. The summed E-state index contributed by atoms with van der Waals surface area (Å²) in [6.07, 6.45) is 0. The van der Waals surface area contributed by atoms with Gasteiger partial charge in [-0.05, 0) is 38.5 Å². The van der Waals surface area contributed by atoms with Crippen LogP contribution in [0, 0.1) is 12.7 Å². The molecule has 0 aliphatic rings. The Morgan fingerprint density at radius 3 is 2.53 bits per heavy atom. The van der Waals surface area contributed by atoms with Crippen molar-refractivity contribution in [3.05, 3.63) is 29.6 Å². The Hall–Kier alpha value is -1.05. The standard InChI is InChI=1S/C12H17FN2O2S2/c1-8(2)15(7-12(14)18)19(16,17)11-6-10(13)5-4-9(11)3/h4-6,8H,7H2,1-3H3,(H2,14,18). The average molecular weight is 304 g/mol. The first kappa shape index (κ1) is 16.0. The van der Waals surface area contributed by atoms with Crippen LogP contribution in [0.2, 0.25) is 0 Å². The third kappa shape index (κ3) is 3.71. The van der Waals surface area contributed by atoms with E-state index in [0.717, 1.165) is 10.4 Å². The molecule has 0 radical (unpaired) electrons. The summed E-state index contributed by atoms with van der Waals surface area (Å²) >= 11 is 4.77. The summed E-state index contributed by atoms with van der Waals surface area (Å²) in [5.41, 5.74) is 5.91. The van der Waals surface area contributed by atoms with Gasteiger partial charge in [0, 0.05) is 6.04 Å². The molecule has 0 fully saturated rings. The lowest BCUT2D eigenvalue weighted by Gasteiger charge is -2.26. The molecule has 0 aliphatic carbocycles. The van der Waals surface area contributed by atoms with Crippen LogP contribution in [-0.2, 0) is 10.0 Å². The molecule has 0 bridgehead atoms. The van der Waals surface area contributed by atoms with Gasteiger partial charge in [-0.1, -0.05) is 18.3 Å². The van der Waals surface area contributed by atoms with E-state index in [4.69, 9.17) is 18.0 Å². The molecule has 1 aromatic carbocycles. The SMILES string of the molecule is Cc1ccc(F)cc1S(=O)(=O)N(CC(N)=S)C(C)C. The van der Waals surface area contributed by atoms with Gasteiger partial charge in [-0.3, -0.25) is 0 Å². The summed E-state index contributed by atoms with van der Waals surface area (Å²) in [6, 6.07) is 3.34. The molecular weight excluding hydrogens is 287 g/mol. The summed E-state index contributed by atoms with van der Waals surface area (Å²) in [5.74, 6) is -0.594. The number of hydrogen-bond acceptors (Lipinski definition) is 3. The van der Waals surface area contributed by atoms with E-state index in [1.54, 1.807) is 20.8 Å². The first-order valence-electron chi connectivity index (χ1n) is 5.72. The van der Waals surface area contributed by atoms with Crippen molar-refractivity contribution in [1.82, 2.24) is 4.31 Å². The number of sulfonamides is 1. The van der Waals surface area contributed by atoms with E-state index >= 15 is 0 Å². The molecule has 19 heavy (non-hydrogen) atoms. The van der Waals surface area contributed by atoms with E-state index in [9.17, 15) is 12.8 Å². The van der Waals surface area contributed by atoms with Crippen LogP contribution in [0.4, 0.5) is 4.39 Å². The van der Waals surface area contributed by atoms with Crippen molar-refractivity contribution in [2.75, 3.05) is 6.54 Å². The lowest BCUT2D eigenvalue weighted by Crippen LogP contribution is -2.42. The summed E-state index contributed by atoms with van der Waals surface area (Å²) in [6.45, 7) is 4.98. The molecule has 0 aromatic heterocycles. The Labute approximate surface area is 118 Å². The van der Waals surface area contributed by atoms with Crippen molar-refractivity contribution in [2.24, 2.45) is 5.73 Å². The molecule has 106 valence electrons. The van der Waals surface area contributed by atoms with E-state index < -0.39 is 15.8 Å². The second-order valence-electron chi connectivity index (χ2n) is 4.52. The predicted molar refractivity (Wildman–Crippen MR) is 77.0 cm³/mol. The van der Waals surface area contributed by atoms with Gasteiger partial charge in [0.1, 0.15) is 5.82 Å². The molecule has 0 heterocycles. The number of hydrogen-bond donors (Lipinski definition) is 1. The summed E-state index contributed by atoms with van der Waals surface area (Å²) < 4.78 is 39.5. The Morgan fingerprint density at radius 2 is 2.05 bits per heavy atom. The normalized spacial score (nSPS) is 12.1.